The lowest BCUT2D eigenvalue weighted by Crippen LogP contribution is -2.21. The topological polar surface area (TPSA) is 110 Å². The number of hydrogen-bond donors (Lipinski definition) is 1. The van der Waals surface area contributed by atoms with Crippen LogP contribution in [0.15, 0.2) is 85.6 Å². The Morgan fingerprint density at radius 2 is 1.67 bits per heavy atom. The minimum Gasteiger partial charge on any atom is -0.334 e. The molecule has 0 spiro atoms. The number of hydrogen-bond acceptors (Lipinski definition) is 8. The van der Waals surface area contributed by atoms with Crippen molar-refractivity contribution in [3.63, 3.8) is 0 Å². The van der Waals surface area contributed by atoms with Crippen LogP contribution < -0.4 is 10.2 Å². The van der Waals surface area contributed by atoms with Crippen molar-refractivity contribution in [2.75, 3.05) is 10.2 Å². The Hall–Kier alpha value is -4.40. The third-order valence-corrected chi connectivity index (χ3v) is 4.29. The van der Waals surface area contributed by atoms with Crippen LogP contribution in [0.1, 0.15) is 5.56 Å². The number of nitrogens with zero attached hydrogens (tertiary/aromatic N) is 6. The van der Waals surface area contributed by atoms with Crippen LogP contribution in [0, 0.1) is 10.1 Å². The van der Waals surface area contributed by atoms with E-state index in [1.54, 1.807) is 47.8 Å². The maximum atomic E-state index is 12.0. The van der Waals surface area contributed by atoms with E-state index in [-0.39, 0.29) is 17.3 Å². The predicted molar refractivity (Wildman–Crippen MR) is 113 cm³/mol. The van der Waals surface area contributed by atoms with Crippen molar-refractivity contribution in [1.82, 2.24) is 19.9 Å². The van der Waals surface area contributed by atoms with E-state index in [4.69, 9.17) is 0 Å². The largest absolute Gasteiger partial charge is 0.354 e. The van der Waals surface area contributed by atoms with Crippen LogP contribution in [0.2, 0.25) is 0 Å². The first-order valence-electron chi connectivity index (χ1n) is 9.11. The highest BCUT2D eigenvalue weighted by molar-refractivity contribution is 5.77. The highest BCUT2D eigenvalue weighted by Crippen LogP contribution is 2.37. The van der Waals surface area contributed by atoms with Gasteiger partial charge in [-0.2, -0.15) is 0 Å². The molecule has 4 aromatic rings. The highest BCUT2D eigenvalue weighted by Gasteiger charge is 2.28. The maximum absolute atomic E-state index is 12.0. The van der Waals surface area contributed by atoms with Gasteiger partial charge in [0, 0.05) is 24.3 Å². The van der Waals surface area contributed by atoms with E-state index in [1.165, 1.54) is 6.33 Å². The van der Waals surface area contributed by atoms with Gasteiger partial charge in [0.1, 0.15) is 12.1 Å². The molecule has 4 rings (SSSR count). The molecular weight excluding hydrogens is 382 g/mol. The molecule has 0 aliphatic heterocycles. The van der Waals surface area contributed by atoms with Gasteiger partial charge in [-0.15, -0.1) is 0 Å². The fourth-order valence-electron chi connectivity index (χ4n) is 2.94. The summed E-state index contributed by atoms with van der Waals surface area (Å²) in [6.45, 7) is 0.352. The molecular formula is C21H17N7O2. The fourth-order valence-corrected chi connectivity index (χ4v) is 2.94. The second-order valence-corrected chi connectivity index (χ2v) is 6.27. The van der Waals surface area contributed by atoms with E-state index in [1.807, 2.05) is 36.4 Å². The number of benzene rings is 1. The number of aromatic nitrogens is 4. The monoisotopic (exact) mass is 399 g/mol. The molecule has 9 heteroatoms. The Balaban J connectivity index is 1.81. The second kappa shape index (κ2) is 8.74. The average molecular weight is 399 g/mol. The smallest absolute Gasteiger partial charge is 0.334 e. The van der Waals surface area contributed by atoms with Gasteiger partial charge in [-0.3, -0.25) is 15.1 Å². The van der Waals surface area contributed by atoms with Crippen LogP contribution in [0.4, 0.5) is 28.8 Å². The quantitative estimate of drug-likeness (QED) is 0.363. The molecule has 3 heterocycles. The third kappa shape index (κ3) is 4.20. The first kappa shape index (κ1) is 18.9. The van der Waals surface area contributed by atoms with Crippen LogP contribution in [-0.4, -0.2) is 24.9 Å². The van der Waals surface area contributed by atoms with Gasteiger partial charge in [-0.1, -0.05) is 36.4 Å². The molecule has 0 aliphatic rings. The summed E-state index contributed by atoms with van der Waals surface area (Å²) in [6, 6.07) is 18.4. The van der Waals surface area contributed by atoms with Crippen molar-refractivity contribution >= 4 is 28.8 Å². The van der Waals surface area contributed by atoms with Gasteiger partial charge in [0.05, 0.1) is 11.5 Å². The minimum atomic E-state index is -0.486. The van der Waals surface area contributed by atoms with Crippen LogP contribution >= 0.6 is 0 Å². The summed E-state index contributed by atoms with van der Waals surface area (Å²) in [5.74, 6) is 0.775. The summed E-state index contributed by atoms with van der Waals surface area (Å²) < 4.78 is 0. The molecule has 3 aromatic heterocycles. The van der Waals surface area contributed by atoms with Gasteiger partial charge in [0.15, 0.2) is 0 Å². The van der Waals surface area contributed by atoms with Gasteiger partial charge >= 0.3 is 5.69 Å². The zero-order chi connectivity index (χ0) is 20.8. The molecule has 0 atom stereocenters. The zero-order valence-corrected chi connectivity index (χ0v) is 15.8. The van der Waals surface area contributed by atoms with Gasteiger partial charge < -0.3 is 10.2 Å². The molecule has 0 radical (unpaired) electrons. The summed E-state index contributed by atoms with van der Waals surface area (Å²) in [5.41, 5.74) is 1.35. The first-order valence-corrected chi connectivity index (χ1v) is 9.11. The molecule has 30 heavy (non-hydrogen) atoms. The number of pyridine rings is 2. The minimum absolute atomic E-state index is 0.0881. The second-order valence-electron chi connectivity index (χ2n) is 6.27. The van der Waals surface area contributed by atoms with E-state index in [0.29, 0.717) is 18.1 Å². The van der Waals surface area contributed by atoms with E-state index in [0.717, 1.165) is 5.56 Å². The molecule has 0 amide bonds. The summed E-state index contributed by atoms with van der Waals surface area (Å²) >= 11 is 0. The van der Waals surface area contributed by atoms with E-state index in [2.05, 4.69) is 25.3 Å². The molecule has 1 N–H and O–H groups in total. The Labute approximate surface area is 172 Å². The fraction of sp³-hybridized carbons (Fsp3) is 0.0476. The van der Waals surface area contributed by atoms with Gasteiger partial charge in [-0.25, -0.2) is 15.0 Å². The summed E-state index contributed by atoms with van der Waals surface area (Å²) in [4.78, 5) is 30.0. The van der Waals surface area contributed by atoms with Crippen molar-refractivity contribution in [2.45, 2.75) is 6.54 Å². The lowest BCUT2D eigenvalue weighted by molar-refractivity contribution is -0.383. The number of rotatable bonds is 7. The molecule has 0 bridgehead atoms. The molecule has 1 aromatic carbocycles. The SMILES string of the molecule is O=[N+]([O-])c1c(Nc2ccncc2)ncnc1N(Cc1ccccc1)c1ccccn1. The zero-order valence-electron chi connectivity index (χ0n) is 15.8. The van der Waals surface area contributed by atoms with Gasteiger partial charge in [0.25, 0.3) is 0 Å². The third-order valence-electron chi connectivity index (χ3n) is 4.29. The Kier molecular flexibility index (Phi) is 5.52. The lowest BCUT2D eigenvalue weighted by Gasteiger charge is -2.23. The Morgan fingerprint density at radius 3 is 2.37 bits per heavy atom. The summed E-state index contributed by atoms with van der Waals surface area (Å²) in [6.07, 6.45) is 6.11. The van der Waals surface area contributed by atoms with Crippen LogP contribution in [0.25, 0.3) is 0 Å². The molecule has 0 saturated heterocycles. The molecule has 9 nitrogen and oxygen atoms in total. The van der Waals surface area contributed by atoms with Gasteiger partial charge in [-0.05, 0) is 29.8 Å². The molecule has 0 unspecified atom stereocenters. The predicted octanol–water partition coefficient (Wildman–Crippen LogP) is 4.26. The number of anilines is 4. The number of nitrogens with one attached hydrogen (secondary N) is 1. The average Bonchev–Trinajstić information content (AvgIpc) is 2.79. The van der Waals surface area contributed by atoms with Crippen molar-refractivity contribution in [3.8, 4) is 0 Å². The number of nitro groups is 1. The summed E-state index contributed by atoms with van der Waals surface area (Å²) in [5, 5.41) is 15.0. The first-order chi connectivity index (χ1) is 14.7. The normalized spacial score (nSPS) is 10.4. The van der Waals surface area contributed by atoms with Crippen LogP contribution in [0.3, 0.4) is 0 Å². The maximum Gasteiger partial charge on any atom is 0.354 e. The Morgan fingerprint density at radius 1 is 0.900 bits per heavy atom. The summed E-state index contributed by atoms with van der Waals surface area (Å²) in [7, 11) is 0. The molecule has 0 aliphatic carbocycles. The standard InChI is InChI=1S/C21H17N7O2/c29-28(30)19-20(26-17-9-12-22-13-10-17)24-15-25-21(19)27(18-8-4-5-11-23-18)14-16-6-2-1-3-7-16/h1-13,15H,14H2,(H,22,24,25,26). The van der Waals surface area contributed by atoms with Crippen LogP contribution in [-0.2, 0) is 6.54 Å². The van der Waals surface area contributed by atoms with E-state index >= 15 is 0 Å². The molecule has 148 valence electrons. The van der Waals surface area contributed by atoms with Crippen molar-refractivity contribution in [3.05, 3.63) is 101 Å². The van der Waals surface area contributed by atoms with Crippen LogP contribution in [0.5, 0.6) is 0 Å². The van der Waals surface area contributed by atoms with E-state index in [9.17, 15) is 10.1 Å². The van der Waals surface area contributed by atoms with Gasteiger partial charge in [0.2, 0.25) is 11.6 Å². The Bertz CT molecular complexity index is 1130. The lowest BCUT2D eigenvalue weighted by atomic mass is 10.2. The van der Waals surface area contributed by atoms with E-state index < -0.39 is 4.92 Å². The van der Waals surface area contributed by atoms with Crippen molar-refractivity contribution in [1.29, 1.82) is 0 Å². The molecule has 0 saturated carbocycles. The molecule has 0 fully saturated rings. The van der Waals surface area contributed by atoms with Crippen molar-refractivity contribution < 1.29 is 4.92 Å². The van der Waals surface area contributed by atoms with Crippen molar-refractivity contribution in [2.24, 2.45) is 0 Å². The highest BCUT2D eigenvalue weighted by atomic mass is 16.6.